The van der Waals surface area contributed by atoms with Crippen LogP contribution in [0.25, 0.3) is 0 Å². The number of ether oxygens (including phenoxy) is 3. The van der Waals surface area contributed by atoms with Gasteiger partial charge < -0.3 is 19.5 Å². The van der Waals surface area contributed by atoms with Crippen molar-refractivity contribution < 1.29 is 28.6 Å². The highest BCUT2D eigenvalue weighted by Crippen LogP contribution is 2.34. The summed E-state index contributed by atoms with van der Waals surface area (Å²) in [4.78, 5) is 37.8. The van der Waals surface area contributed by atoms with Gasteiger partial charge in [0.25, 0.3) is 5.91 Å². The largest absolute Gasteiger partial charge is 0.493 e. The number of benzene rings is 3. The third-order valence-corrected chi connectivity index (χ3v) is 4.87. The van der Waals surface area contributed by atoms with Crippen molar-refractivity contribution >= 4 is 34.9 Å². The summed E-state index contributed by atoms with van der Waals surface area (Å²) in [6.45, 7) is -0.463. The lowest BCUT2D eigenvalue weighted by atomic mass is 10.1. The standard InChI is InChI=1S/C24H20ClNO6/c1-30-21-12-17(24(29)32-14-20(27)15-8-4-3-5-9-15)19(13-22(21)31-2)26-23(28)16-10-6-7-11-18(16)25/h3-13H,14H2,1-2H3,(H,26,28). The van der Waals surface area contributed by atoms with Gasteiger partial charge >= 0.3 is 5.97 Å². The van der Waals surface area contributed by atoms with Crippen LogP contribution in [0, 0.1) is 0 Å². The van der Waals surface area contributed by atoms with Crippen LogP contribution in [-0.4, -0.2) is 38.5 Å². The number of ketones is 1. The molecule has 1 amide bonds. The van der Waals surface area contributed by atoms with E-state index in [0.717, 1.165) is 0 Å². The van der Waals surface area contributed by atoms with Gasteiger partial charge in [-0.3, -0.25) is 9.59 Å². The second-order valence-electron chi connectivity index (χ2n) is 6.55. The quantitative estimate of drug-likeness (QED) is 0.394. The molecule has 0 aliphatic carbocycles. The summed E-state index contributed by atoms with van der Waals surface area (Å²) in [7, 11) is 2.84. The number of carbonyl (C=O) groups excluding carboxylic acids is 3. The summed E-state index contributed by atoms with van der Waals surface area (Å²) in [6.07, 6.45) is 0. The fourth-order valence-electron chi connectivity index (χ4n) is 2.90. The lowest BCUT2D eigenvalue weighted by Gasteiger charge is -2.15. The van der Waals surface area contributed by atoms with Crippen molar-refractivity contribution in [2.24, 2.45) is 0 Å². The molecule has 8 heteroatoms. The average Bonchev–Trinajstić information content (AvgIpc) is 2.82. The Labute approximate surface area is 189 Å². The molecule has 32 heavy (non-hydrogen) atoms. The van der Waals surface area contributed by atoms with Crippen LogP contribution in [-0.2, 0) is 4.74 Å². The molecule has 164 valence electrons. The molecule has 1 N–H and O–H groups in total. The molecule has 0 radical (unpaired) electrons. The molecule has 7 nitrogen and oxygen atoms in total. The summed E-state index contributed by atoms with van der Waals surface area (Å²) in [5.74, 6) is -1.16. The highest BCUT2D eigenvalue weighted by molar-refractivity contribution is 6.34. The minimum atomic E-state index is -0.815. The molecule has 0 unspecified atom stereocenters. The number of halogens is 1. The Hall–Kier alpha value is -3.84. The first-order valence-corrected chi connectivity index (χ1v) is 9.89. The van der Waals surface area contributed by atoms with Gasteiger partial charge in [0.1, 0.15) is 0 Å². The molecule has 0 spiro atoms. The van der Waals surface area contributed by atoms with E-state index in [0.29, 0.717) is 11.3 Å². The Bertz CT molecular complexity index is 1150. The van der Waals surface area contributed by atoms with Crippen LogP contribution < -0.4 is 14.8 Å². The van der Waals surface area contributed by atoms with Crippen molar-refractivity contribution in [3.8, 4) is 11.5 Å². The lowest BCUT2D eigenvalue weighted by molar-refractivity contribution is 0.0475. The number of nitrogens with one attached hydrogen (secondary N) is 1. The minimum absolute atomic E-state index is 0.0103. The zero-order valence-electron chi connectivity index (χ0n) is 17.4. The topological polar surface area (TPSA) is 90.9 Å². The van der Waals surface area contributed by atoms with Crippen LogP contribution in [0.3, 0.4) is 0 Å². The lowest BCUT2D eigenvalue weighted by Crippen LogP contribution is -2.18. The van der Waals surface area contributed by atoms with E-state index < -0.39 is 18.5 Å². The van der Waals surface area contributed by atoms with E-state index in [4.69, 9.17) is 25.8 Å². The molecule has 0 bridgehead atoms. The predicted molar refractivity (Wildman–Crippen MR) is 120 cm³/mol. The SMILES string of the molecule is COc1cc(NC(=O)c2ccccc2Cl)c(C(=O)OCC(=O)c2ccccc2)cc1OC. The normalized spacial score (nSPS) is 10.2. The van der Waals surface area contributed by atoms with E-state index >= 15 is 0 Å². The van der Waals surface area contributed by atoms with E-state index in [9.17, 15) is 14.4 Å². The van der Waals surface area contributed by atoms with Gasteiger partial charge in [-0.2, -0.15) is 0 Å². The number of amides is 1. The number of Topliss-reactive ketones (excluding diaryl/α,β-unsaturated/α-hetero) is 1. The van der Waals surface area contributed by atoms with Crippen molar-refractivity contribution in [3.63, 3.8) is 0 Å². The molecule has 0 saturated heterocycles. The van der Waals surface area contributed by atoms with Gasteiger partial charge in [0.2, 0.25) is 0 Å². The van der Waals surface area contributed by atoms with Crippen LogP contribution in [0.5, 0.6) is 11.5 Å². The highest BCUT2D eigenvalue weighted by atomic mass is 35.5. The van der Waals surface area contributed by atoms with Gasteiger partial charge in [-0.15, -0.1) is 0 Å². The smallest absolute Gasteiger partial charge is 0.340 e. The van der Waals surface area contributed by atoms with Crippen molar-refractivity contribution in [2.45, 2.75) is 0 Å². The Morgan fingerprint density at radius 1 is 0.844 bits per heavy atom. The summed E-state index contributed by atoms with van der Waals surface area (Å²) >= 11 is 6.10. The summed E-state index contributed by atoms with van der Waals surface area (Å²) in [5.41, 5.74) is 0.746. The number of carbonyl (C=O) groups is 3. The van der Waals surface area contributed by atoms with Gasteiger partial charge in [-0.25, -0.2) is 4.79 Å². The first kappa shape index (κ1) is 22.8. The van der Waals surface area contributed by atoms with Gasteiger partial charge in [0, 0.05) is 17.7 Å². The van der Waals surface area contributed by atoms with Crippen LogP contribution in [0.1, 0.15) is 31.1 Å². The van der Waals surface area contributed by atoms with Crippen molar-refractivity contribution in [1.82, 2.24) is 0 Å². The number of hydrogen-bond donors (Lipinski definition) is 1. The maximum absolute atomic E-state index is 12.8. The zero-order chi connectivity index (χ0) is 23.1. The Balaban J connectivity index is 1.87. The van der Waals surface area contributed by atoms with Gasteiger partial charge in [-0.05, 0) is 12.1 Å². The molecule has 0 aliphatic heterocycles. The Morgan fingerprint density at radius 2 is 1.47 bits per heavy atom. The van der Waals surface area contributed by atoms with E-state index in [2.05, 4.69) is 5.32 Å². The first-order valence-electron chi connectivity index (χ1n) is 9.52. The predicted octanol–water partition coefficient (Wildman–Crippen LogP) is 4.65. The number of hydrogen-bond acceptors (Lipinski definition) is 6. The average molecular weight is 454 g/mol. The monoisotopic (exact) mass is 453 g/mol. The van der Waals surface area contributed by atoms with E-state index in [1.54, 1.807) is 54.6 Å². The fourth-order valence-corrected chi connectivity index (χ4v) is 3.12. The summed E-state index contributed by atoms with van der Waals surface area (Å²) in [6, 6.07) is 17.8. The molecule has 3 rings (SSSR count). The summed E-state index contributed by atoms with van der Waals surface area (Å²) in [5, 5.41) is 2.90. The Kier molecular flexibility index (Phi) is 7.46. The number of anilines is 1. The molecule has 3 aromatic carbocycles. The number of rotatable bonds is 8. The molecule has 0 fully saturated rings. The van der Waals surface area contributed by atoms with Crippen LogP contribution in [0.15, 0.2) is 66.7 Å². The third kappa shape index (κ3) is 5.25. The van der Waals surface area contributed by atoms with Crippen molar-refractivity contribution in [2.75, 3.05) is 26.1 Å². The second-order valence-corrected chi connectivity index (χ2v) is 6.96. The Morgan fingerprint density at radius 3 is 2.12 bits per heavy atom. The van der Waals surface area contributed by atoms with Gasteiger partial charge in [-0.1, -0.05) is 54.1 Å². The molecule has 0 saturated carbocycles. The molecular weight excluding hydrogens is 434 g/mol. The summed E-state index contributed by atoms with van der Waals surface area (Å²) < 4.78 is 15.7. The van der Waals surface area contributed by atoms with Crippen molar-refractivity contribution in [1.29, 1.82) is 0 Å². The highest BCUT2D eigenvalue weighted by Gasteiger charge is 2.22. The molecular formula is C24H20ClNO6. The van der Waals surface area contributed by atoms with Crippen LogP contribution >= 0.6 is 11.6 Å². The third-order valence-electron chi connectivity index (χ3n) is 4.54. The molecule has 0 atom stereocenters. The number of methoxy groups -OCH3 is 2. The maximum Gasteiger partial charge on any atom is 0.340 e. The maximum atomic E-state index is 12.8. The van der Waals surface area contributed by atoms with Gasteiger partial charge in [0.05, 0.1) is 36.1 Å². The second kappa shape index (κ2) is 10.5. The molecule has 0 aromatic heterocycles. The van der Waals surface area contributed by atoms with Crippen LogP contribution in [0.2, 0.25) is 5.02 Å². The van der Waals surface area contributed by atoms with Crippen molar-refractivity contribution in [3.05, 3.63) is 88.4 Å². The zero-order valence-corrected chi connectivity index (χ0v) is 18.1. The fraction of sp³-hybridized carbons (Fsp3) is 0.125. The molecule has 0 aliphatic rings. The molecule has 0 heterocycles. The van der Waals surface area contributed by atoms with Gasteiger partial charge in [0.15, 0.2) is 23.9 Å². The minimum Gasteiger partial charge on any atom is -0.493 e. The van der Waals surface area contributed by atoms with Crippen LogP contribution in [0.4, 0.5) is 5.69 Å². The van der Waals surface area contributed by atoms with E-state index in [-0.39, 0.29) is 33.4 Å². The van der Waals surface area contributed by atoms with E-state index in [1.165, 1.54) is 26.4 Å². The number of esters is 1. The first-order chi connectivity index (χ1) is 15.4. The van der Waals surface area contributed by atoms with E-state index in [1.807, 2.05) is 0 Å². The molecule has 3 aromatic rings.